The van der Waals surface area contributed by atoms with Crippen LogP contribution in [0.4, 0.5) is 0 Å². The fraction of sp³-hybridized carbons (Fsp3) is 0.478. The van der Waals surface area contributed by atoms with E-state index in [1.807, 2.05) is 25.1 Å². The minimum absolute atomic E-state index is 0. The normalized spacial score (nSPS) is 14.7. The number of halogens is 4. The molecule has 166 valence electrons. The van der Waals surface area contributed by atoms with E-state index in [1.54, 1.807) is 12.1 Å². The maximum Gasteiger partial charge on any atom is 0.180 e. The van der Waals surface area contributed by atoms with Crippen LogP contribution in [-0.2, 0) is 13.2 Å². The lowest BCUT2D eigenvalue weighted by Gasteiger charge is -2.19. The molecule has 0 radical (unpaired) electrons. The van der Waals surface area contributed by atoms with E-state index in [1.165, 1.54) is 38.5 Å². The molecule has 1 fully saturated rings. The Morgan fingerprint density at radius 2 is 1.67 bits per heavy atom. The Hall–Kier alpha value is -0.840. The lowest BCUT2D eigenvalue weighted by Crippen LogP contribution is -2.27. The first-order valence-corrected chi connectivity index (χ1v) is 11.5. The molecule has 0 aliphatic heterocycles. The molecule has 0 heterocycles. The van der Waals surface area contributed by atoms with Gasteiger partial charge in [0.2, 0.25) is 0 Å². The van der Waals surface area contributed by atoms with Gasteiger partial charge in [-0.15, -0.1) is 12.4 Å². The predicted octanol–water partition coefficient (Wildman–Crippen LogP) is 7.86. The van der Waals surface area contributed by atoms with Crippen LogP contribution in [0.5, 0.6) is 11.5 Å². The lowest BCUT2D eigenvalue weighted by molar-refractivity contribution is 0.269. The van der Waals surface area contributed by atoms with Gasteiger partial charge in [0, 0.05) is 28.2 Å². The van der Waals surface area contributed by atoms with Crippen LogP contribution in [0.1, 0.15) is 56.6 Å². The van der Waals surface area contributed by atoms with Crippen molar-refractivity contribution >= 4 is 47.2 Å². The summed E-state index contributed by atoms with van der Waals surface area (Å²) in [6, 6.07) is 9.89. The molecule has 0 aromatic heterocycles. The molecule has 30 heavy (non-hydrogen) atoms. The van der Waals surface area contributed by atoms with E-state index in [2.05, 4.69) is 5.32 Å². The van der Waals surface area contributed by atoms with Crippen molar-refractivity contribution in [3.05, 3.63) is 56.5 Å². The molecule has 1 N–H and O–H groups in total. The molecule has 0 amide bonds. The molecule has 0 atom stereocenters. The van der Waals surface area contributed by atoms with Crippen molar-refractivity contribution in [3.63, 3.8) is 0 Å². The Bertz CT molecular complexity index is 808. The van der Waals surface area contributed by atoms with Gasteiger partial charge in [-0.1, -0.05) is 66.6 Å². The molecule has 2 aromatic rings. The third-order valence-electron chi connectivity index (χ3n) is 5.21. The monoisotopic (exact) mass is 491 g/mol. The average Bonchev–Trinajstić information content (AvgIpc) is 2.96. The lowest BCUT2D eigenvalue weighted by atomic mass is 10.1. The van der Waals surface area contributed by atoms with Crippen molar-refractivity contribution in [2.75, 3.05) is 6.61 Å². The van der Waals surface area contributed by atoms with Crippen molar-refractivity contribution in [2.45, 2.75) is 64.6 Å². The minimum atomic E-state index is 0. The van der Waals surface area contributed by atoms with E-state index < -0.39 is 0 Å². The fourth-order valence-corrected chi connectivity index (χ4v) is 4.41. The van der Waals surface area contributed by atoms with Gasteiger partial charge in [-0.2, -0.15) is 0 Å². The Morgan fingerprint density at radius 3 is 2.33 bits per heavy atom. The van der Waals surface area contributed by atoms with E-state index in [0.29, 0.717) is 39.2 Å². The van der Waals surface area contributed by atoms with Gasteiger partial charge in [-0.05, 0) is 49.6 Å². The molecular weight excluding hydrogens is 464 g/mol. The van der Waals surface area contributed by atoms with Gasteiger partial charge in [0.15, 0.2) is 11.5 Å². The van der Waals surface area contributed by atoms with Gasteiger partial charge in [0.1, 0.15) is 6.61 Å². The first kappa shape index (κ1) is 25.4. The summed E-state index contributed by atoms with van der Waals surface area (Å²) in [6.07, 6.45) is 7.81. The largest absolute Gasteiger partial charge is 0.490 e. The molecule has 7 heteroatoms. The molecule has 3 rings (SSSR count). The molecule has 0 saturated heterocycles. The zero-order valence-corrected chi connectivity index (χ0v) is 20.3. The highest BCUT2D eigenvalue weighted by molar-refractivity contribution is 6.35. The summed E-state index contributed by atoms with van der Waals surface area (Å²) >= 11 is 18.8. The third-order valence-corrected chi connectivity index (χ3v) is 6.07. The van der Waals surface area contributed by atoms with E-state index in [4.69, 9.17) is 44.3 Å². The molecule has 3 nitrogen and oxygen atoms in total. The Balaban J connectivity index is 0.00000320. The molecule has 0 spiro atoms. The number of ether oxygens (including phenoxy) is 2. The van der Waals surface area contributed by atoms with E-state index in [-0.39, 0.29) is 19.0 Å². The second-order valence-corrected chi connectivity index (χ2v) is 8.68. The van der Waals surface area contributed by atoms with Crippen LogP contribution < -0.4 is 14.8 Å². The highest BCUT2D eigenvalue weighted by atomic mass is 35.5. The van der Waals surface area contributed by atoms with Crippen molar-refractivity contribution in [1.29, 1.82) is 0 Å². The number of hydrogen-bond acceptors (Lipinski definition) is 3. The second-order valence-electron chi connectivity index (χ2n) is 7.43. The molecule has 0 unspecified atom stereocenters. The molecule has 2 aromatic carbocycles. The zero-order valence-electron chi connectivity index (χ0n) is 17.2. The highest BCUT2D eigenvalue weighted by Crippen LogP contribution is 2.38. The van der Waals surface area contributed by atoms with Crippen molar-refractivity contribution in [3.8, 4) is 11.5 Å². The first-order valence-electron chi connectivity index (χ1n) is 10.3. The summed E-state index contributed by atoms with van der Waals surface area (Å²) in [5.41, 5.74) is 1.94. The van der Waals surface area contributed by atoms with Crippen LogP contribution in [-0.4, -0.2) is 12.6 Å². The quantitative estimate of drug-likeness (QED) is 0.380. The van der Waals surface area contributed by atoms with E-state index in [0.717, 1.165) is 17.7 Å². The Labute approximate surface area is 200 Å². The van der Waals surface area contributed by atoms with Gasteiger partial charge < -0.3 is 14.8 Å². The van der Waals surface area contributed by atoms with E-state index >= 15 is 0 Å². The SMILES string of the molecule is CCOc1cc(CNC2CCCCCC2)cc(Cl)c1OCc1ccc(Cl)cc1Cl.Cl. The summed E-state index contributed by atoms with van der Waals surface area (Å²) in [4.78, 5) is 0. The van der Waals surface area contributed by atoms with Crippen molar-refractivity contribution in [2.24, 2.45) is 0 Å². The smallest absolute Gasteiger partial charge is 0.180 e. The van der Waals surface area contributed by atoms with Crippen LogP contribution in [0, 0.1) is 0 Å². The number of nitrogens with one attached hydrogen (secondary N) is 1. The van der Waals surface area contributed by atoms with Gasteiger partial charge in [0.25, 0.3) is 0 Å². The summed E-state index contributed by atoms with van der Waals surface area (Å²) < 4.78 is 11.8. The first-order chi connectivity index (χ1) is 14.1. The van der Waals surface area contributed by atoms with Crippen LogP contribution in [0.15, 0.2) is 30.3 Å². The number of hydrogen-bond donors (Lipinski definition) is 1. The molecular formula is C23H29Cl4NO2. The topological polar surface area (TPSA) is 30.5 Å². The summed E-state index contributed by atoms with van der Waals surface area (Å²) in [5, 5.41) is 5.38. The van der Waals surface area contributed by atoms with Crippen LogP contribution >= 0.6 is 47.2 Å². The standard InChI is InChI=1S/C23H28Cl3NO2.ClH/c1-2-28-22-12-16(14-27-19-7-5-3-4-6-8-19)11-21(26)23(22)29-15-17-9-10-18(24)13-20(17)25;/h9-13,19,27H,2-8,14-15H2,1H3;1H. The molecule has 1 aliphatic rings. The van der Waals surface area contributed by atoms with Gasteiger partial charge in [-0.3, -0.25) is 0 Å². The predicted molar refractivity (Wildman–Crippen MR) is 129 cm³/mol. The van der Waals surface area contributed by atoms with Crippen molar-refractivity contribution in [1.82, 2.24) is 5.32 Å². The zero-order chi connectivity index (χ0) is 20.6. The van der Waals surface area contributed by atoms with Gasteiger partial charge in [-0.25, -0.2) is 0 Å². The summed E-state index contributed by atoms with van der Waals surface area (Å²) in [7, 11) is 0. The number of benzene rings is 2. The number of rotatable bonds is 8. The maximum absolute atomic E-state index is 6.56. The summed E-state index contributed by atoms with van der Waals surface area (Å²) in [5.74, 6) is 1.19. The Morgan fingerprint density at radius 1 is 0.933 bits per heavy atom. The highest BCUT2D eigenvalue weighted by Gasteiger charge is 2.16. The van der Waals surface area contributed by atoms with Crippen LogP contribution in [0.2, 0.25) is 15.1 Å². The van der Waals surface area contributed by atoms with Crippen molar-refractivity contribution < 1.29 is 9.47 Å². The molecule has 1 saturated carbocycles. The van der Waals surface area contributed by atoms with Gasteiger partial charge in [0.05, 0.1) is 11.6 Å². The van der Waals surface area contributed by atoms with E-state index in [9.17, 15) is 0 Å². The average molecular weight is 493 g/mol. The van der Waals surface area contributed by atoms with Crippen LogP contribution in [0.25, 0.3) is 0 Å². The minimum Gasteiger partial charge on any atom is -0.490 e. The Kier molecular flexibility index (Phi) is 10.9. The van der Waals surface area contributed by atoms with Crippen LogP contribution in [0.3, 0.4) is 0 Å². The second kappa shape index (κ2) is 12.9. The molecule has 0 bridgehead atoms. The van der Waals surface area contributed by atoms with Gasteiger partial charge >= 0.3 is 0 Å². The maximum atomic E-state index is 6.56. The fourth-order valence-electron chi connectivity index (χ4n) is 3.66. The summed E-state index contributed by atoms with van der Waals surface area (Å²) in [6.45, 7) is 3.54. The molecule has 1 aliphatic carbocycles. The third kappa shape index (κ3) is 7.39.